The summed E-state index contributed by atoms with van der Waals surface area (Å²) in [6.07, 6.45) is 1.45. The summed E-state index contributed by atoms with van der Waals surface area (Å²) < 4.78 is 0. The van der Waals surface area contributed by atoms with Crippen molar-refractivity contribution in [2.75, 3.05) is 5.43 Å². The van der Waals surface area contributed by atoms with E-state index in [1.165, 1.54) is 12.3 Å². The van der Waals surface area contributed by atoms with Crippen molar-refractivity contribution >= 4 is 23.8 Å². The smallest absolute Gasteiger partial charge is 0.244 e. The Balaban J connectivity index is 1.69. The van der Waals surface area contributed by atoms with Crippen LogP contribution in [-0.2, 0) is 0 Å². The van der Waals surface area contributed by atoms with Gasteiger partial charge < -0.3 is 10.2 Å². The van der Waals surface area contributed by atoms with Crippen molar-refractivity contribution in [1.29, 1.82) is 0 Å². The molecule has 0 amide bonds. The Morgan fingerprint density at radius 2 is 1.52 bits per heavy atom. The van der Waals surface area contributed by atoms with E-state index in [9.17, 15) is 10.2 Å². The van der Waals surface area contributed by atoms with Crippen molar-refractivity contribution < 1.29 is 10.2 Å². The molecular weight excluding hydrogens is 412 g/mol. The molecule has 0 saturated heterocycles. The third-order valence-corrected chi connectivity index (χ3v) is 4.99. The molecule has 0 saturated carbocycles. The Bertz CT molecular complexity index is 1240. The molecule has 6 nitrogen and oxygen atoms in total. The number of nitrogens with zero attached hydrogens (tertiary/aromatic N) is 3. The molecule has 7 heteroatoms. The van der Waals surface area contributed by atoms with Crippen LogP contribution in [0.1, 0.15) is 11.1 Å². The number of nitrogens with one attached hydrogen (secondary N) is 1. The van der Waals surface area contributed by atoms with E-state index in [4.69, 9.17) is 11.6 Å². The lowest BCUT2D eigenvalue weighted by atomic mass is 10.1. The van der Waals surface area contributed by atoms with E-state index in [2.05, 4.69) is 20.5 Å². The number of hydrogen-bond donors (Lipinski definition) is 3. The minimum atomic E-state index is -0.0358. The Labute approximate surface area is 184 Å². The summed E-state index contributed by atoms with van der Waals surface area (Å²) in [7, 11) is 0. The molecule has 0 aliphatic carbocycles. The average molecular weight is 431 g/mol. The van der Waals surface area contributed by atoms with Crippen LogP contribution in [-0.4, -0.2) is 26.4 Å². The summed E-state index contributed by atoms with van der Waals surface area (Å²) in [5, 5.41) is 24.6. The molecule has 0 radical (unpaired) electrons. The monoisotopic (exact) mass is 430 g/mol. The Hall–Kier alpha value is -3.90. The number of anilines is 1. The van der Waals surface area contributed by atoms with Crippen molar-refractivity contribution in [3.63, 3.8) is 0 Å². The lowest BCUT2D eigenvalue weighted by Gasteiger charge is -2.09. The second kappa shape index (κ2) is 8.85. The fourth-order valence-corrected chi connectivity index (χ4v) is 3.12. The molecule has 31 heavy (non-hydrogen) atoms. The number of halogens is 1. The first-order chi connectivity index (χ1) is 15.0. The zero-order chi connectivity index (χ0) is 21.8. The largest absolute Gasteiger partial charge is 0.508 e. The first-order valence-electron chi connectivity index (χ1n) is 9.52. The molecule has 0 atom stereocenters. The minimum Gasteiger partial charge on any atom is -0.508 e. The van der Waals surface area contributed by atoms with Crippen LogP contribution in [0.3, 0.4) is 0 Å². The van der Waals surface area contributed by atoms with Gasteiger partial charge in [0.2, 0.25) is 5.95 Å². The quantitative estimate of drug-likeness (QED) is 0.282. The van der Waals surface area contributed by atoms with Crippen molar-refractivity contribution in [2.45, 2.75) is 6.92 Å². The molecular formula is C24H19ClN4O2. The third kappa shape index (κ3) is 4.65. The number of hydrazone groups is 1. The summed E-state index contributed by atoms with van der Waals surface area (Å²) in [5.41, 5.74) is 6.96. The highest BCUT2D eigenvalue weighted by Gasteiger charge is 2.09. The maximum Gasteiger partial charge on any atom is 0.244 e. The molecule has 1 aromatic heterocycles. The van der Waals surface area contributed by atoms with Gasteiger partial charge in [0, 0.05) is 27.3 Å². The number of benzene rings is 3. The van der Waals surface area contributed by atoms with Gasteiger partial charge in [-0.1, -0.05) is 54.1 Å². The molecule has 0 fully saturated rings. The third-order valence-electron chi connectivity index (χ3n) is 4.74. The van der Waals surface area contributed by atoms with Gasteiger partial charge in [-0.05, 0) is 37.3 Å². The molecule has 0 unspecified atom stereocenters. The molecule has 0 spiro atoms. The summed E-state index contributed by atoms with van der Waals surface area (Å²) in [5.74, 6) is 0.290. The molecule has 4 aromatic rings. The van der Waals surface area contributed by atoms with Crippen LogP contribution in [0, 0.1) is 6.92 Å². The van der Waals surface area contributed by atoms with Crippen molar-refractivity contribution in [3.05, 3.63) is 88.9 Å². The fourth-order valence-electron chi connectivity index (χ4n) is 3.00. The first-order valence-corrected chi connectivity index (χ1v) is 9.90. The number of aromatic hydroxyl groups is 2. The van der Waals surface area contributed by atoms with Gasteiger partial charge in [-0.15, -0.1) is 0 Å². The Morgan fingerprint density at radius 1 is 0.871 bits per heavy atom. The van der Waals surface area contributed by atoms with Crippen LogP contribution in [0.25, 0.3) is 22.5 Å². The molecule has 3 aromatic carbocycles. The zero-order valence-electron chi connectivity index (χ0n) is 16.6. The van der Waals surface area contributed by atoms with E-state index in [1.54, 1.807) is 13.0 Å². The van der Waals surface area contributed by atoms with Gasteiger partial charge >= 0.3 is 0 Å². The van der Waals surface area contributed by atoms with E-state index >= 15 is 0 Å². The zero-order valence-corrected chi connectivity index (χ0v) is 17.4. The van der Waals surface area contributed by atoms with E-state index in [1.807, 2.05) is 60.7 Å². The molecule has 3 N–H and O–H groups in total. The van der Waals surface area contributed by atoms with Gasteiger partial charge in [0.25, 0.3) is 0 Å². The number of rotatable bonds is 5. The number of phenols is 2. The second-order valence-electron chi connectivity index (χ2n) is 6.85. The predicted molar refractivity (Wildman–Crippen MR) is 124 cm³/mol. The standard InChI is InChI=1S/C24H19ClN4O2/c1-15-22(30)12-9-18(23(15)31)14-26-29-24-27-20(16-5-3-2-4-6-16)13-21(28-24)17-7-10-19(25)11-8-17/h2-14,30-31H,1H3,(H,27,28,29)/b26-14+. The molecule has 4 rings (SSSR count). The summed E-state index contributed by atoms with van der Waals surface area (Å²) >= 11 is 6.02. The molecule has 1 heterocycles. The lowest BCUT2D eigenvalue weighted by molar-refractivity contribution is 0.442. The van der Waals surface area contributed by atoms with Gasteiger partial charge in [-0.2, -0.15) is 5.10 Å². The van der Waals surface area contributed by atoms with Gasteiger partial charge in [-0.3, -0.25) is 0 Å². The summed E-state index contributed by atoms with van der Waals surface area (Å²) in [6, 6.07) is 22.2. The summed E-state index contributed by atoms with van der Waals surface area (Å²) in [4.78, 5) is 9.13. The summed E-state index contributed by atoms with van der Waals surface area (Å²) in [6.45, 7) is 1.63. The molecule has 154 valence electrons. The first kappa shape index (κ1) is 20.4. The Kier molecular flexibility index (Phi) is 5.82. The average Bonchev–Trinajstić information content (AvgIpc) is 2.80. The van der Waals surface area contributed by atoms with Crippen LogP contribution in [0.5, 0.6) is 11.5 Å². The number of hydrogen-bond acceptors (Lipinski definition) is 6. The Morgan fingerprint density at radius 3 is 2.19 bits per heavy atom. The van der Waals surface area contributed by atoms with Crippen molar-refractivity contribution in [3.8, 4) is 34.0 Å². The maximum absolute atomic E-state index is 10.2. The fraction of sp³-hybridized carbons (Fsp3) is 0.0417. The SMILES string of the molecule is Cc1c(O)ccc(/C=N/Nc2nc(-c3ccccc3)cc(-c3ccc(Cl)cc3)n2)c1O. The van der Waals surface area contributed by atoms with E-state index < -0.39 is 0 Å². The maximum atomic E-state index is 10.2. The van der Waals surface area contributed by atoms with Crippen molar-refractivity contribution in [2.24, 2.45) is 5.10 Å². The highest BCUT2D eigenvalue weighted by molar-refractivity contribution is 6.30. The van der Waals surface area contributed by atoms with Gasteiger partial charge in [-0.25, -0.2) is 15.4 Å². The van der Waals surface area contributed by atoms with Gasteiger partial charge in [0.15, 0.2) is 0 Å². The van der Waals surface area contributed by atoms with E-state index in [0.29, 0.717) is 27.8 Å². The number of aromatic nitrogens is 2. The van der Waals surface area contributed by atoms with Crippen LogP contribution in [0.4, 0.5) is 5.95 Å². The molecule has 0 aliphatic rings. The molecule has 0 aliphatic heterocycles. The minimum absolute atomic E-state index is 0.0223. The van der Waals surface area contributed by atoms with Crippen molar-refractivity contribution in [1.82, 2.24) is 9.97 Å². The van der Waals surface area contributed by atoms with Crippen LogP contribution < -0.4 is 5.43 Å². The van der Waals surface area contributed by atoms with Crippen LogP contribution in [0.15, 0.2) is 77.9 Å². The predicted octanol–water partition coefficient (Wildman–Crippen LogP) is 5.63. The van der Waals surface area contributed by atoms with Crippen LogP contribution >= 0.6 is 11.6 Å². The molecule has 0 bridgehead atoms. The van der Waals surface area contributed by atoms with E-state index in [-0.39, 0.29) is 11.5 Å². The van der Waals surface area contributed by atoms with Crippen LogP contribution in [0.2, 0.25) is 5.02 Å². The second-order valence-corrected chi connectivity index (χ2v) is 7.29. The topological polar surface area (TPSA) is 90.6 Å². The highest BCUT2D eigenvalue weighted by atomic mass is 35.5. The lowest BCUT2D eigenvalue weighted by Crippen LogP contribution is -2.00. The number of phenolic OH excluding ortho intramolecular Hbond substituents is 2. The van der Waals surface area contributed by atoms with Gasteiger partial charge in [0.05, 0.1) is 17.6 Å². The van der Waals surface area contributed by atoms with E-state index in [0.717, 1.165) is 16.8 Å². The normalized spacial score (nSPS) is 11.0. The van der Waals surface area contributed by atoms with Gasteiger partial charge in [0.1, 0.15) is 11.5 Å². The highest BCUT2D eigenvalue weighted by Crippen LogP contribution is 2.29.